The van der Waals surface area contributed by atoms with E-state index in [1.54, 1.807) is 31.2 Å². The summed E-state index contributed by atoms with van der Waals surface area (Å²) in [5.74, 6) is -5.57. The first kappa shape index (κ1) is 34.6. The summed E-state index contributed by atoms with van der Waals surface area (Å²) < 4.78 is 61.7. The Hall–Kier alpha value is -3.42. The first-order valence-corrected chi connectivity index (χ1v) is 13.3. The van der Waals surface area contributed by atoms with Crippen LogP contribution in [0, 0.1) is 22.5 Å². The van der Waals surface area contributed by atoms with Gasteiger partial charge in [-0.3, -0.25) is 19.9 Å². The van der Waals surface area contributed by atoms with Crippen molar-refractivity contribution in [1.82, 2.24) is 4.90 Å². The number of anilines is 1. The zero-order chi connectivity index (χ0) is 28.0. The van der Waals surface area contributed by atoms with E-state index in [-0.39, 0.29) is 30.6 Å². The fraction of sp³-hybridized carbons (Fsp3) is 0.320. The average Bonchev–Trinajstić information content (AvgIpc) is 2.83. The van der Waals surface area contributed by atoms with E-state index >= 15 is 0 Å². The molecule has 1 aliphatic rings. The first-order chi connectivity index (χ1) is 17.9. The number of benzene rings is 2. The van der Waals surface area contributed by atoms with Crippen molar-refractivity contribution >= 4 is 64.2 Å². The summed E-state index contributed by atoms with van der Waals surface area (Å²) in [6.45, 7) is 2.25. The lowest BCUT2D eigenvalue weighted by Crippen LogP contribution is -2.40. The molecule has 15 heteroatoms. The zero-order valence-corrected chi connectivity index (χ0v) is 23.9. The molecule has 0 aliphatic carbocycles. The van der Waals surface area contributed by atoms with Gasteiger partial charge in [0, 0.05) is 43.6 Å². The Balaban J connectivity index is 0.00000400. The minimum Gasteiger partial charge on any atom is -0.484 e. The van der Waals surface area contributed by atoms with Crippen molar-refractivity contribution in [2.45, 2.75) is 25.9 Å². The Morgan fingerprint density at radius 2 is 1.77 bits per heavy atom. The summed E-state index contributed by atoms with van der Waals surface area (Å²) >= 11 is 0. The van der Waals surface area contributed by atoms with Gasteiger partial charge in [-0.2, -0.15) is 0 Å². The van der Waals surface area contributed by atoms with Gasteiger partial charge in [-0.15, -0.1) is 24.8 Å². The highest BCUT2D eigenvalue weighted by Crippen LogP contribution is 2.31. The minimum atomic E-state index is -4.51. The maximum atomic E-state index is 15.0. The van der Waals surface area contributed by atoms with Crippen LogP contribution in [0.25, 0.3) is 6.08 Å². The Bertz CT molecular complexity index is 1350. The van der Waals surface area contributed by atoms with Crippen LogP contribution in [0.5, 0.6) is 5.75 Å². The molecule has 1 fully saturated rings. The van der Waals surface area contributed by atoms with Crippen molar-refractivity contribution in [2.75, 3.05) is 29.7 Å². The van der Waals surface area contributed by atoms with Crippen molar-refractivity contribution in [1.29, 1.82) is 10.8 Å². The van der Waals surface area contributed by atoms with Crippen molar-refractivity contribution in [3.8, 4) is 5.75 Å². The van der Waals surface area contributed by atoms with Crippen LogP contribution in [0.15, 0.2) is 42.5 Å². The number of nitrogens with one attached hydrogen (secondary N) is 2. The Labute approximate surface area is 243 Å². The van der Waals surface area contributed by atoms with Crippen LogP contribution in [-0.4, -0.2) is 67.6 Å². The number of piperidine rings is 1. The highest BCUT2D eigenvalue weighted by atomic mass is 35.5. The van der Waals surface area contributed by atoms with Gasteiger partial charge in [0.05, 0.1) is 18.1 Å². The molecule has 0 saturated carbocycles. The summed E-state index contributed by atoms with van der Waals surface area (Å²) in [6, 6.07) is 8.12. The van der Waals surface area contributed by atoms with Crippen LogP contribution in [0.4, 0.5) is 14.5 Å². The van der Waals surface area contributed by atoms with E-state index < -0.39 is 57.5 Å². The van der Waals surface area contributed by atoms with Crippen LogP contribution >= 0.6 is 24.8 Å². The van der Waals surface area contributed by atoms with E-state index in [1.807, 2.05) is 4.90 Å². The van der Waals surface area contributed by atoms with E-state index in [9.17, 15) is 22.0 Å². The zero-order valence-electron chi connectivity index (χ0n) is 21.5. The minimum absolute atomic E-state index is 0. The number of halogens is 4. The molecule has 0 unspecified atom stereocenters. The number of nitrogens with zero attached hydrogens (tertiary/aromatic N) is 2. The predicted octanol–water partition coefficient (Wildman–Crippen LogP) is 3.87. The molecule has 0 spiro atoms. The summed E-state index contributed by atoms with van der Waals surface area (Å²) in [4.78, 5) is 13.0. The first-order valence-electron chi connectivity index (χ1n) is 11.7. The lowest BCUT2D eigenvalue weighted by atomic mass is 10.1. The number of sulfonamides is 1. The lowest BCUT2D eigenvalue weighted by molar-refractivity contribution is -0.134. The quantitative estimate of drug-likeness (QED) is 0.231. The molecular formula is C25H31Cl2F2N5O5S. The highest BCUT2D eigenvalue weighted by molar-refractivity contribution is 7.93. The number of hydrogen-bond donors (Lipinski definition) is 4. The normalized spacial score (nSPS) is 13.7. The summed E-state index contributed by atoms with van der Waals surface area (Å²) in [5.41, 5.74) is 6.11. The Morgan fingerprint density at radius 3 is 2.30 bits per heavy atom. The fourth-order valence-corrected chi connectivity index (χ4v) is 5.19. The molecule has 10 nitrogen and oxygen atoms in total. The highest BCUT2D eigenvalue weighted by Gasteiger charge is 2.28. The van der Waals surface area contributed by atoms with E-state index in [0.717, 1.165) is 12.1 Å². The molecule has 0 amide bonds. The molecule has 1 heterocycles. The number of nitrogens with two attached hydrogens (primary N) is 1. The summed E-state index contributed by atoms with van der Waals surface area (Å²) in [7, 11) is -4.51. The number of carbonyl (C=O) groups is 1. The molecule has 5 N–H and O–H groups in total. The van der Waals surface area contributed by atoms with Gasteiger partial charge >= 0.3 is 5.97 Å². The Morgan fingerprint density at radius 1 is 1.18 bits per heavy atom. The van der Waals surface area contributed by atoms with Crippen LogP contribution < -0.4 is 14.8 Å². The van der Waals surface area contributed by atoms with Gasteiger partial charge in [0.25, 0.3) is 0 Å². The smallest absolute Gasteiger partial charge is 0.320 e. The van der Waals surface area contributed by atoms with E-state index in [0.29, 0.717) is 47.2 Å². The SMILES string of the molecule is CC(=N)N1CCC(Oc2c(F)cc(N(C/C=C/c3cccc(C(=N)N)c3)S(=O)(=O)CC(=O)O)cc2F)CC1.Cl.Cl. The molecule has 0 atom stereocenters. The number of nitrogen functional groups attached to an aromatic ring is 1. The maximum absolute atomic E-state index is 15.0. The van der Waals surface area contributed by atoms with Gasteiger partial charge in [-0.1, -0.05) is 30.4 Å². The maximum Gasteiger partial charge on any atom is 0.320 e. The molecule has 0 bridgehead atoms. The monoisotopic (exact) mass is 621 g/mol. The van der Waals surface area contributed by atoms with Crippen LogP contribution in [-0.2, 0) is 14.8 Å². The van der Waals surface area contributed by atoms with E-state index in [1.165, 1.54) is 12.2 Å². The Kier molecular flexibility index (Phi) is 12.8. The largest absolute Gasteiger partial charge is 0.484 e. The molecule has 220 valence electrons. The predicted molar refractivity (Wildman–Crippen MR) is 155 cm³/mol. The molecule has 0 radical (unpaired) electrons. The van der Waals surface area contributed by atoms with Gasteiger partial charge < -0.3 is 20.5 Å². The molecular weight excluding hydrogens is 591 g/mol. The second-order valence-electron chi connectivity index (χ2n) is 8.75. The van der Waals surface area contributed by atoms with Crippen molar-refractivity contribution in [2.24, 2.45) is 5.73 Å². The van der Waals surface area contributed by atoms with Crippen LogP contribution in [0.1, 0.15) is 30.9 Å². The fourth-order valence-electron chi connectivity index (χ4n) is 3.99. The molecule has 0 aromatic heterocycles. The molecule has 40 heavy (non-hydrogen) atoms. The lowest BCUT2D eigenvalue weighted by Gasteiger charge is -2.33. The molecule has 2 aromatic carbocycles. The van der Waals surface area contributed by atoms with Crippen molar-refractivity contribution in [3.63, 3.8) is 0 Å². The third-order valence-corrected chi connectivity index (χ3v) is 7.54. The number of likely N-dealkylation sites (tertiary alicyclic amines) is 1. The van der Waals surface area contributed by atoms with Gasteiger partial charge in [-0.25, -0.2) is 17.2 Å². The van der Waals surface area contributed by atoms with Crippen molar-refractivity contribution < 1.29 is 31.8 Å². The summed E-state index contributed by atoms with van der Waals surface area (Å²) in [5, 5.41) is 24.3. The molecule has 3 rings (SSSR count). The van der Waals surface area contributed by atoms with Gasteiger partial charge in [0.1, 0.15) is 11.9 Å². The number of hydrogen-bond acceptors (Lipinski definition) is 6. The number of amidine groups is 2. The molecule has 1 aliphatic heterocycles. The third-order valence-electron chi connectivity index (χ3n) is 5.89. The van der Waals surface area contributed by atoms with Gasteiger partial charge in [-0.05, 0) is 18.6 Å². The van der Waals surface area contributed by atoms with E-state index in [4.69, 9.17) is 26.4 Å². The van der Waals surface area contributed by atoms with Gasteiger partial charge in [0.15, 0.2) is 23.1 Å². The molecule has 2 aromatic rings. The third kappa shape index (κ3) is 9.07. The molecule has 1 saturated heterocycles. The number of carboxylic acid groups (broad SMARTS) is 1. The van der Waals surface area contributed by atoms with Crippen LogP contribution in [0.3, 0.4) is 0 Å². The second kappa shape index (κ2) is 14.8. The summed E-state index contributed by atoms with van der Waals surface area (Å²) in [6.07, 6.45) is 3.32. The van der Waals surface area contributed by atoms with E-state index in [2.05, 4.69) is 0 Å². The number of rotatable bonds is 10. The topological polar surface area (TPSA) is 161 Å². The number of ether oxygens (including phenoxy) is 1. The second-order valence-corrected chi connectivity index (χ2v) is 10.6. The van der Waals surface area contributed by atoms with Crippen LogP contribution in [0.2, 0.25) is 0 Å². The number of aliphatic carboxylic acids is 1. The van der Waals surface area contributed by atoms with Crippen molar-refractivity contribution in [3.05, 3.63) is 65.2 Å². The average molecular weight is 623 g/mol. The number of carboxylic acids is 1. The standard InChI is InChI=1S/C25H29F2N5O5S.2ClH/c1-16(28)31-10-7-20(8-11-31)37-24-21(26)13-19(14-22(24)27)32(38(35,36)15-23(33)34)9-3-5-17-4-2-6-18(12-17)25(29)30;;/h2-6,12-14,20,28H,7-11,15H2,1H3,(H3,29,30)(H,33,34);2*1H/b5-3+,28-16?;;. The van der Waals surface area contributed by atoms with Gasteiger partial charge in [0.2, 0.25) is 10.0 Å².